The van der Waals surface area contributed by atoms with Crippen LogP contribution in [0, 0.1) is 0 Å². The van der Waals surface area contributed by atoms with Crippen molar-refractivity contribution in [1.29, 1.82) is 0 Å². The number of hydrogen-bond donors (Lipinski definition) is 0. The van der Waals surface area contributed by atoms with E-state index in [4.69, 9.17) is 0 Å². The molecular formula is C21H21BrN2. The standard InChI is InChI=1S/C21H21BrN2/c22-17-10-18-23(19-11-4-1-5-12-19)24(20-13-6-2-7-14-20)21-15-8-3-9-16-21/h1-9,11-16H,10,17-18H2. The van der Waals surface area contributed by atoms with Crippen molar-refractivity contribution in [2.75, 3.05) is 21.9 Å². The average Bonchev–Trinajstić information content (AvgIpc) is 2.67. The van der Waals surface area contributed by atoms with Gasteiger partial charge in [0.15, 0.2) is 0 Å². The Hall–Kier alpha value is -2.26. The molecule has 0 fully saturated rings. The summed E-state index contributed by atoms with van der Waals surface area (Å²) in [5, 5.41) is 5.61. The monoisotopic (exact) mass is 380 g/mol. The first-order valence-corrected chi connectivity index (χ1v) is 9.31. The normalized spacial score (nSPS) is 10.4. The molecule has 0 heterocycles. The van der Waals surface area contributed by atoms with Crippen molar-refractivity contribution in [1.82, 2.24) is 0 Å². The van der Waals surface area contributed by atoms with Gasteiger partial charge in [-0.1, -0.05) is 70.5 Å². The molecule has 2 nitrogen and oxygen atoms in total. The lowest BCUT2D eigenvalue weighted by atomic mass is 10.2. The van der Waals surface area contributed by atoms with Gasteiger partial charge in [-0.2, -0.15) is 0 Å². The van der Waals surface area contributed by atoms with E-state index in [1.54, 1.807) is 0 Å². The van der Waals surface area contributed by atoms with E-state index >= 15 is 0 Å². The number of para-hydroxylation sites is 3. The Morgan fingerprint density at radius 3 is 1.42 bits per heavy atom. The van der Waals surface area contributed by atoms with E-state index in [1.165, 1.54) is 5.69 Å². The van der Waals surface area contributed by atoms with Crippen LogP contribution in [-0.4, -0.2) is 11.9 Å². The van der Waals surface area contributed by atoms with E-state index in [2.05, 4.69) is 117 Å². The number of halogens is 1. The molecule has 3 rings (SSSR count). The third-order valence-electron chi connectivity index (χ3n) is 3.80. The fraction of sp³-hybridized carbons (Fsp3) is 0.143. The molecule has 122 valence electrons. The van der Waals surface area contributed by atoms with Gasteiger partial charge in [0, 0.05) is 11.9 Å². The van der Waals surface area contributed by atoms with Crippen LogP contribution in [0.25, 0.3) is 0 Å². The Bertz CT molecular complexity index is 677. The molecule has 0 aliphatic heterocycles. The third kappa shape index (κ3) is 3.98. The van der Waals surface area contributed by atoms with Gasteiger partial charge in [0.2, 0.25) is 0 Å². The lowest BCUT2D eigenvalue weighted by Crippen LogP contribution is -2.40. The van der Waals surface area contributed by atoms with Crippen LogP contribution < -0.4 is 10.0 Å². The predicted octanol–water partition coefficient (Wildman–Crippen LogP) is 6.03. The van der Waals surface area contributed by atoms with Gasteiger partial charge in [0.1, 0.15) is 0 Å². The lowest BCUT2D eigenvalue weighted by molar-refractivity contribution is 0.784. The molecule has 0 N–H and O–H groups in total. The van der Waals surface area contributed by atoms with Crippen molar-refractivity contribution in [2.45, 2.75) is 6.42 Å². The number of anilines is 3. The van der Waals surface area contributed by atoms with Gasteiger partial charge in [-0.15, -0.1) is 0 Å². The number of hydrazine groups is 1. The number of hydrogen-bond acceptors (Lipinski definition) is 2. The quantitative estimate of drug-likeness (QED) is 0.364. The van der Waals surface area contributed by atoms with Crippen LogP contribution in [0.4, 0.5) is 17.1 Å². The molecule has 0 saturated carbocycles. The summed E-state index contributed by atoms with van der Waals surface area (Å²) >= 11 is 3.57. The first kappa shape index (κ1) is 16.6. The first-order valence-electron chi connectivity index (χ1n) is 8.19. The number of benzene rings is 3. The van der Waals surface area contributed by atoms with Crippen molar-refractivity contribution in [3.63, 3.8) is 0 Å². The average molecular weight is 381 g/mol. The molecule has 0 atom stereocenters. The predicted molar refractivity (Wildman–Crippen MR) is 107 cm³/mol. The largest absolute Gasteiger partial charge is 0.281 e. The van der Waals surface area contributed by atoms with Crippen molar-refractivity contribution in [2.24, 2.45) is 0 Å². The van der Waals surface area contributed by atoms with Crippen LogP contribution in [-0.2, 0) is 0 Å². The van der Waals surface area contributed by atoms with Gasteiger partial charge >= 0.3 is 0 Å². The molecule has 3 heteroatoms. The summed E-state index contributed by atoms with van der Waals surface area (Å²) in [6, 6.07) is 31.6. The van der Waals surface area contributed by atoms with Crippen LogP contribution in [0.5, 0.6) is 0 Å². The molecule has 3 aromatic rings. The Morgan fingerprint density at radius 2 is 1.00 bits per heavy atom. The van der Waals surface area contributed by atoms with Crippen molar-refractivity contribution < 1.29 is 0 Å². The van der Waals surface area contributed by atoms with Crippen molar-refractivity contribution in [3.05, 3.63) is 91.0 Å². The van der Waals surface area contributed by atoms with Gasteiger partial charge in [0.25, 0.3) is 0 Å². The third-order valence-corrected chi connectivity index (χ3v) is 4.36. The molecule has 0 amide bonds. The van der Waals surface area contributed by atoms with Crippen LogP contribution in [0.2, 0.25) is 0 Å². The zero-order valence-corrected chi connectivity index (χ0v) is 15.1. The Labute approximate surface area is 152 Å². The molecule has 0 aliphatic carbocycles. The van der Waals surface area contributed by atoms with Crippen LogP contribution in [0.3, 0.4) is 0 Å². The molecule has 0 spiro atoms. The summed E-state index contributed by atoms with van der Waals surface area (Å²) in [6.07, 6.45) is 1.06. The molecule has 0 bridgehead atoms. The maximum atomic E-state index is 3.57. The number of rotatable bonds is 7. The van der Waals surface area contributed by atoms with Gasteiger partial charge in [-0.25, -0.2) is 0 Å². The first-order chi connectivity index (χ1) is 11.9. The lowest BCUT2D eigenvalue weighted by Gasteiger charge is -2.38. The van der Waals surface area contributed by atoms with Crippen LogP contribution in [0.1, 0.15) is 6.42 Å². The summed E-state index contributed by atoms with van der Waals surface area (Å²) in [5.41, 5.74) is 3.50. The summed E-state index contributed by atoms with van der Waals surface area (Å²) in [5.74, 6) is 0. The number of nitrogens with zero attached hydrogens (tertiary/aromatic N) is 2. The van der Waals surface area contributed by atoms with Gasteiger partial charge in [-0.3, -0.25) is 10.0 Å². The van der Waals surface area contributed by atoms with Gasteiger partial charge < -0.3 is 0 Å². The van der Waals surface area contributed by atoms with Crippen LogP contribution in [0.15, 0.2) is 91.0 Å². The highest BCUT2D eigenvalue weighted by Crippen LogP contribution is 2.30. The molecule has 0 saturated heterocycles. The van der Waals surface area contributed by atoms with E-state index in [9.17, 15) is 0 Å². The molecule has 3 aromatic carbocycles. The zero-order valence-electron chi connectivity index (χ0n) is 13.6. The molecule has 0 radical (unpaired) electrons. The summed E-state index contributed by atoms with van der Waals surface area (Å²) in [4.78, 5) is 0. The van der Waals surface area contributed by atoms with Gasteiger partial charge in [-0.05, 0) is 42.8 Å². The minimum atomic E-state index is 0.930. The van der Waals surface area contributed by atoms with E-state index in [-0.39, 0.29) is 0 Å². The van der Waals surface area contributed by atoms with Crippen LogP contribution >= 0.6 is 15.9 Å². The highest BCUT2D eigenvalue weighted by atomic mass is 79.9. The van der Waals surface area contributed by atoms with E-state index in [0.29, 0.717) is 0 Å². The van der Waals surface area contributed by atoms with E-state index in [0.717, 1.165) is 29.7 Å². The SMILES string of the molecule is BrCCCN(c1ccccc1)N(c1ccccc1)c1ccccc1. The second-order valence-electron chi connectivity index (χ2n) is 5.48. The van der Waals surface area contributed by atoms with E-state index < -0.39 is 0 Å². The summed E-state index contributed by atoms with van der Waals surface area (Å²) in [7, 11) is 0. The molecular weight excluding hydrogens is 360 g/mol. The minimum Gasteiger partial charge on any atom is -0.281 e. The van der Waals surface area contributed by atoms with Crippen molar-refractivity contribution >= 4 is 33.0 Å². The fourth-order valence-electron chi connectivity index (χ4n) is 2.72. The maximum Gasteiger partial charge on any atom is 0.0632 e. The number of alkyl halides is 1. The fourth-order valence-corrected chi connectivity index (χ4v) is 2.97. The Balaban J connectivity index is 2.07. The minimum absolute atomic E-state index is 0.930. The second kappa shape index (κ2) is 8.55. The Morgan fingerprint density at radius 1 is 0.583 bits per heavy atom. The highest BCUT2D eigenvalue weighted by molar-refractivity contribution is 9.09. The molecule has 0 aliphatic rings. The highest BCUT2D eigenvalue weighted by Gasteiger charge is 2.18. The second-order valence-corrected chi connectivity index (χ2v) is 6.28. The summed E-state index contributed by atoms with van der Waals surface area (Å²) in [6.45, 7) is 0.930. The van der Waals surface area contributed by atoms with Crippen molar-refractivity contribution in [3.8, 4) is 0 Å². The molecule has 0 unspecified atom stereocenters. The van der Waals surface area contributed by atoms with Gasteiger partial charge in [0.05, 0.1) is 17.1 Å². The molecule has 0 aromatic heterocycles. The molecule has 24 heavy (non-hydrogen) atoms. The zero-order chi connectivity index (χ0) is 16.6. The van der Waals surface area contributed by atoms with E-state index in [1.807, 2.05) is 0 Å². The summed E-state index contributed by atoms with van der Waals surface area (Å²) < 4.78 is 0. The maximum absolute atomic E-state index is 3.57. The topological polar surface area (TPSA) is 6.48 Å². The Kier molecular flexibility index (Phi) is 5.91. The smallest absolute Gasteiger partial charge is 0.0632 e.